The molecular formula is C52H35N. The lowest BCUT2D eigenvalue weighted by molar-refractivity contribution is 1.28. The third-order valence-corrected chi connectivity index (χ3v) is 10.6. The molecule has 0 fully saturated rings. The summed E-state index contributed by atoms with van der Waals surface area (Å²) in [7, 11) is 0. The van der Waals surface area contributed by atoms with Crippen LogP contribution >= 0.6 is 0 Å². The van der Waals surface area contributed by atoms with Crippen LogP contribution in [0.4, 0.5) is 17.1 Å². The standard InChI is InChI=1S/C52H35N/c1-3-12-46(13-4-1)53(47-14-5-2-6-15-47)48-29-27-37(28-30-48)36-19-21-38(22-20-36)39-23-24-40-33-45-34-43(26-25-41(45)32-44(40)31-39)52-35-42-11-7-8-16-49(42)50-17-9-10-18-51(50)52/h1-35H. The smallest absolute Gasteiger partial charge is 0.0462 e. The van der Waals surface area contributed by atoms with E-state index in [4.69, 9.17) is 0 Å². The van der Waals surface area contributed by atoms with Crippen molar-refractivity contribution in [1.82, 2.24) is 0 Å². The normalized spacial score (nSPS) is 11.4. The van der Waals surface area contributed by atoms with Crippen LogP contribution in [0.25, 0.3) is 76.5 Å². The Bertz CT molecular complexity index is 2870. The number of fused-ring (bicyclic) bond motifs is 5. The summed E-state index contributed by atoms with van der Waals surface area (Å²) in [6.07, 6.45) is 0. The summed E-state index contributed by atoms with van der Waals surface area (Å²) in [4.78, 5) is 2.29. The molecule has 0 amide bonds. The van der Waals surface area contributed by atoms with Crippen molar-refractivity contribution in [2.45, 2.75) is 0 Å². The van der Waals surface area contributed by atoms with E-state index >= 15 is 0 Å². The van der Waals surface area contributed by atoms with Crippen LogP contribution in [0.5, 0.6) is 0 Å². The summed E-state index contributed by atoms with van der Waals surface area (Å²) in [6.45, 7) is 0. The number of hydrogen-bond donors (Lipinski definition) is 0. The second kappa shape index (κ2) is 13.0. The number of nitrogens with zero attached hydrogens (tertiary/aromatic N) is 1. The van der Waals surface area contributed by atoms with Gasteiger partial charge in [-0.2, -0.15) is 0 Å². The van der Waals surface area contributed by atoms with E-state index in [0.717, 1.165) is 17.1 Å². The molecule has 0 spiro atoms. The van der Waals surface area contributed by atoms with Crippen LogP contribution in [0.3, 0.4) is 0 Å². The van der Waals surface area contributed by atoms with Gasteiger partial charge in [0.15, 0.2) is 0 Å². The molecule has 0 bridgehead atoms. The first kappa shape index (κ1) is 30.8. The molecule has 0 aliphatic heterocycles. The molecule has 0 saturated carbocycles. The van der Waals surface area contributed by atoms with Crippen LogP contribution < -0.4 is 4.90 Å². The SMILES string of the molecule is c1ccc(N(c2ccccc2)c2ccc(-c3ccc(-c4ccc5cc6cc(-c7cc8ccccc8c8ccccc78)ccc6cc5c4)cc3)cc2)cc1. The number of anilines is 3. The van der Waals surface area contributed by atoms with Gasteiger partial charge in [0.05, 0.1) is 0 Å². The molecule has 0 radical (unpaired) electrons. The fourth-order valence-electron chi connectivity index (χ4n) is 7.90. The first-order valence-corrected chi connectivity index (χ1v) is 18.2. The fraction of sp³-hybridized carbons (Fsp3) is 0. The van der Waals surface area contributed by atoms with E-state index < -0.39 is 0 Å². The Kier molecular flexibility index (Phi) is 7.55. The van der Waals surface area contributed by atoms with Crippen LogP contribution in [-0.2, 0) is 0 Å². The molecule has 10 rings (SSSR count). The predicted molar refractivity (Wildman–Crippen MR) is 227 cm³/mol. The molecule has 10 aromatic carbocycles. The van der Waals surface area contributed by atoms with Crippen molar-refractivity contribution in [2.75, 3.05) is 4.90 Å². The monoisotopic (exact) mass is 673 g/mol. The van der Waals surface area contributed by atoms with E-state index in [-0.39, 0.29) is 0 Å². The van der Waals surface area contributed by atoms with Crippen molar-refractivity contribution in [3.63, 3.8) is 0 Å². The molecule has 0 aliphatic carbocycles. The van der Waals surface area contributed by atoms with Gasteiger partial charge in [0.2, 0.25) is 0 Å². The van der Waals surface area contributed by atoms with Gasteiger partial charge in [-0.3, -0.25) is 0 Å². The van der Waals surface area contributed by atoms with Gasteiger partial charge in [-0.25, -0.2) is 0 Å². The van der Waals surface area contributed by atoms with E-state index in [2.05, 4.69) is 217 Å². The molecule has 53 heavy (non-hydrogen) atoms. The minimum atomic E-state index is 1.13. The lowest BCUT2D eigenvalue weighted by atomic mass is 9.91. The van der Waals surface area contributed by atoms with Crippen LogP contribution in [-0.4, -0.2) is 0 Å². The van der Waals surface area contributed by atoms with Crippen LogP contribution in [0.2, 0.25) is 0 Å². The Balaban J connectivity index is 0.937. The average molecular weight is 674 g/mol. The largest absolute Gasteiger partial charge is 0.311 e. The zero-order valence-electron chi connectivity index (χ0n) is 29.2. The average Bonchev–Trinajstić information content (AvgIpc) is 3.23. The zero-order chi connectivity index (χ0) is 35.1. The van der Waals surface area contributed by atoms with E-state index in [1.165, 1.54) is 76.5 Å². The van der Waals surface area contributed by atoms with Crippen molar-refractivity contribution < 1.29 is 0 Å². The maximum atomic E-state index is 2.35. The third kappa shape index (κ3) is 5.69. The molecule has 0 unspecified atom stereocenters. The summed E-state index contributed by atoms with van der Waals surface area (Å²) in [5.74, 6) is 0. The van der Waals surface area contributed by atoms with Crippen molar-refractivity contribution >= 4 is 60.2 Å². The first-order valence-electron chi connectivity index (χ1n) is 18.2. The molecule has 0 atom stereocenters. The Morgan fingerprint density at radius 1 is 0.226 bits per heavy atom. The highest BCUT2D eigenvalue weighted by Crippen LogP contribution is 2.38. The van der Waals surface area contributed by atoms with Crippen molar-refractivity contribution in [3.05, 3.63) is 212 Å². The van der Waals surface area contributed by atoms with Crippen molar-refractivity contribution in [1.29, 1.82) is 0 Å². The highest BCUT2D eigenvalue weighted by Gasteiger charge is 2.13. The fourth-order valence-corrected chi connectivity index (χ4v) is 7.90. The number of benzene rings is 10. The van der Waals surface area contributed by atoms with E-state index in [9.17, 15) is 0 Å². The number of rotatable bonds is 6. The summed E-state index contributed by atoms with van der Waals surface area (Å²) in [5, 5.41) is 10.2. The topological polar surface area (TPSA) is 3.24 Å². The Morgan fingerprint density at radius 2 is 0.660 bits per heavy atom. The minimum absolute atomic E-state index is 1.13. The third-order valence-electron chi connectivity index (χ3n) is 10.6. The lowest BCUT2D eigenvalue weighted by Gasteiger charge is -2.25. The van der Waals surface area contributed by atoms with Crippen LogP contribution in [0.15, 0.2) is 212 Å². The maximum Gasteiger partial charge on any atom is 0.0462 e. The van der Waals surface area contributed by atoms with Gasteiger partial charge >= 0.3 is 0 Å². The molecule has 1 nitrogen and oxygen atoms in total. The van der Waals surface area contributed by atoms with Gasteiger partial charge < -0.3 is 4.90 Å². The van der Waals surface area contributed by atoms with E-state index in [1.54, 1.807) is 0 Å². The highest BCUT2D eigenvalue weighted by molar-refractivity contribution is 6.14. The zero-order valence-corrected chi connectivity index (χ0v) is 29.2. The summed E-state index contributed by atoms with van der Waals surface area (Å²) < 4.78 is 0. The molecular weight excluding hydrogens is 639 g/mol. The Hall–Kier alpha value is -6.96. The second-order valence-corrected chi connectivity index (χ2v) is 13.8. The Morgan fingerprint density at radius 3 is 1.28 bits per heavy atom. The maximum absolute atomic E-state index is 2.35. The van der Waals surface area contributed by atoms with Gasteiger partial charge in [0, 0.05) is 17.1 Å². The summed E-state index contributed by atoms with van der Waals surface area (Å²) in [6, 6.07) is 77.1. The first-order chi connectivity index (χ1) is 26.2. The second-order valence-electron chi connectivity index (χ2n) is 13.8. The predicted octanol–water partition coefficient (Wildman–Crippen LogP) is 14.8. The summed E-state index contributed by atoms with van der Waals surface area (Å²) >= 11 is 0. The molecule has 10 aromatic rings. The number of para-hydroxylation sites is 2. The van der Waals surface area contributed by atoms with Crippen LogP contribution in [0, 0.1) is 0 Å². The van der Waals surface area contributed by atoms with E-state index in [0.29, 0.717) is 0 Å². The van der Waals surface area contributed by atoms with Crippen LogP contribution in [0.1, 0.15) is 0 Å². The van der Waals surface area contributed by atoms with Crippen molar-refractivity contribution in [2.24, 2.45) is 0 Å². The quantitative estimate of drug-likeness (QED) is 0.125. The highest BCUT2D eigenvalue weighted by atomic mass is 15.1. The molecule has 1 heteroatoms. The summed E-state index contributed by atoms with van der Waals surface area (Å²) in [5.41, 5.74) is 10.8. The molecule has 0 heterocycles. The molecule has 0 aromatic heterocycles. The number of hydrogen-bond acceptors (Lipinski definition) is 1. The Labute approximate surface area is 309 Å². The van der Waals surface area contributed by atoms with E-state index in [1.807, 2.05) is 0 Å². The molecule has 0 saturated heterocycles. The van der Waals surface area contributed by atoms with Crippen molar-refractivity contribution in [3.8, 4) is 33.4 Å². The lowest BCUT2D eigenvalue weighted by Crippen LogP contribution is -2.09. The molecule has 0 aliphatic rings. The minimum Gasteiger partial charge on any atom is -0.311 e. The van der Waals surface area contributed by atoms with Gasteiger partial charge in [0.25, 0.3) is 0 Å². The molecule has 0 N–H and O–H groups in total. The molecule has 248 valence electrons. The van der Waals surface area contributed by atoms with Gasteiger partial charge in [-0.05, 0) is 143 Å². The van der Waals surface area contributed by atoms with Gasteiger partial charge in [-0.15, -0.1) is 0 Å². The van der Waals surface area contributed by atoms with Gasteiger partial charge in [-0.1, -0.05) is 146 Å². The van der Waals surface area contributed by atoms with Gasteiger partial charge in [0.1, 0.15) is 0 Å².